The van der Waals surface area contributed by atoms with Gasteiger partial charge in [0, 0.05) is 17.5 Å². The predicted octanol–water partition coefficient (Wildman–Crippen LogP) is 1.98. The molecule has 0 fully saturated rings. The molecule has 5 nitrogen and oxygen atoms in total. The highest BCUT2D eigenvalue weighted by atomic mass is 79.9. The number of alkyl halides is 1. The van der Waals surface area contributed by atoms with Gasteiger partial charge in [-0.05, 0) is 0 Å². The van der Waals surface area contributed by atoms with Crippen LogP contribution in [0.1, 0.15) is 10.4 Å². The number of halogens is 1. The van der Waals surface area contributed by atoms with Crippen molar-refractivity contribution in [1.82, 2.24) is 0 Å². The van der Waals surface area contributed by atoms with E-state index in [2.05, 4.69) is 20.7 Å². The highest BCUT2D eigenvalue weighted by Gasteiger charge is 2.22. The van der Waals surface area contributed by atoms with Gasteiger partial charge in [-0.1, -0.05) is 15.9 Å². The zero-order valence-electron chi connectivity index (χ0n) is 9.20. The Hall–Kier alpha value is -1.43. The Balaban J connectivity index is 2.36. The highest BCUT2D eigenvalue weighted by molar-refractivity contribution is 9.09. The molecule has 1 aromatic carbocycles. The lowest BCUT2D eigenvalue weighted by Crippen LogP contribution is -2.07. The topological polar surface area (TPSA) is 54.0 Å². The van der Waals surface area contributed by atoms with Crippen LogP contribution in [0.5, 0.6) is 17.2 Å². The first-order valence-corrected chi connectivity index (χ1v) is 6.09. The first kappa shape index (κ1) is 12.0. The van der Waals surface area contributed by atoms with Crippen LogP contribution >= 0.6 is 15.9 Å². The third-order valence-electron chi connectivity index (χ3n) is 2.21. The summed E-state index contributed by atoms with van der Waals surface area (Å²) in [6.07, 6.45) is 0. The van der Waals surface area contributed by atoms with Crippen LogP contribution in [0.15, 0.2) is 12.1 Å². The molecule has 0 N–H and O–H groups in total. The third kappa shape index (κ3) is 2.46. The van der Waals surface area contributed by atoms with E-state index in [0.29, 0.717) is 34.7 Å². The number of hydrogen-bond acceptors (Lipinski definition) is 5. The van der Waals surface area contributed by atoms with Gasteiger partial charge in [-0.3, -0.25) is 0 Å². The van der Waals surface area contributed by atoms with Gasteiger partial charge in [0.25, 0.3) is 0 Å². The Bertz CT molecular complexity index is 432. The second kappa shape index (κ2) is 5.27. The van der Waals surface area contributed by atoms with E-state index in [1.165, 1.54) is 7.11 Å². The molecule has 0 aliphatic carbocycles. The normalized spacial score (nSPS) is 12.4. The lowest BCUT2D eigenvalue weighted by atomic mass is 10.2. The van der Waals surface area contributed by atoms with Crippen molar-refractivity contribution in [2.75, 3.05) is 25.8 Å². The molecule has 6 heteroatoms. The standard InChI is InChI=1S/C11H11BrO5/c1-14-11(13)7-4-9-10(17-6-16-9)5-8(7)15-3-2-12/h4-5H,2-3,6H2,1H3. The quantitative estimate of drug-likeness (QED) is 0.629. The van der Waals surface area contributed by atoms with Gasteiger partial charge < -0.3 is 18.9 Å². The second-order valence-corrected chi connectivity index (χ2v) is 4.02. The molecule has 0 aromatic heterocycles. The largest absolute Gasteiger partial charge is 0.492 e. The van der Waals surface area contributed by atoms with E-state index in [4.69, 9.17) is 14.2 Å². The fourth-order valence-electron chi connectivity index (χ4n) is 1.46. The molecule has 2 rings (SSSR count). The first-order valence-electron chi connectivity index (χ1n) is 4.97. The molecular formula is C11H11BrO5. The molecule has 0 atom stereocenters. The Morgan fingerprint density at radius 2 is 2.12 bits per heavy atom. The van der Waals surface area contributed by atoms with Crippen molar-refractivity contribution in [3.63, 3.8) is 0 Å². The molecular weight excluding hydrogens is 292 g/mol. The zero-order valence-corrected chi connectivity index (χ0v) is 10.8. The second-order valence-electron chi connectivity index (χ2n) is 3.23. The molecule has 0 saturated heterocycles. The van der Waals surface area contributed by atoms with Crippen molar-refractivity contribution in [2.45, 2.75) is 0 Å². The molecule has 1 aromatic rings. The van der Waals surface area contributed by atoms with E-state index < -0.39 is 5.97 Å². The smallest absolute Gasteiger partial charge is 0.341 e. The fourth-order valence-corrected chi connectivity index (χ4v) is 1.62. The van der Waals surface area contributed by atoms with Gasteiger partial charge in [-0.2, -0.15) is 0 Å². The monoisotopic (exact) mass is 302 g/mol. The minimum atomic E-state index is -0.465. The molecule has 0 saturated carbocycles. The third-order valence-corrected chi connectivity index (χ3v) is 2.54. The number of carbonyl (C=O) groups excluding carboxylic acids is 1. The van der Waals surface area contributed by atoms with Crippen molar-refractivity contribution in [3.05, 3.63) is 17.7 Å². The summed E-state index contributed by atoms with van der Waals surface area (Å²) in [5.74, 6) is 1.06. The van der Waals surface area contributed by atoms with Crippen molar-refractivity contribution in [1.29, 1.82) is 0 Å². The number of hydrogen-bond donors (Lipinski definition) is 0. The molecule has 0 radical (unpaired) electrons. The summed E-state index contributed by atoms with van der Waals surface area (Å²) >= 11 is 3.25. The average Bonchev–Trinajstić information content (AvgIpc) is 2.81. The maximum Gasteiger partial charge on any atom is 0.341 e. The maximum absolute atomic E-state index is 11.6. The van der Waals surface area contributed by atoms with Gasteiger partial charge in [-0.15, -0.1) is 0 Å². The number of rotatable bonds is 4. The summed E-state index contributed by atoms with van der Waals surface area (Å²) < 4.78 is 20.6. The Morgan fingerprint density at radius 1 is 1.41 bits per heavy atom. The summed E-state index contributed by atoms with van der Waals surface area (Å²) in [4.78, 5) is 11.6. The van der Waals surface area contributed by atoms with E-state index in [9.17, 15) is 4.79 Å². The molecule has 0 bridgehead atoms. The summed E-state index contributed by atoms with van der Waals surface area (Å²) in [5.41, 5.74) is 0.331. The molecule has 1 heterocycles. The van der Waals surface area contributed by atoms with Crippen LogP contribution in [0.3, 0.4) is 0 Å². The van der Waals surface area contributed by atoms with E-state index in [0.717, 1.165) is 0 Å². The lowest BCUT2D eigenvalue weighted by molar-refractivity contribution is 0.0596. The van der Waals surface area contributed by atoms with Crippen LogP contribution in [-0.2, 0) is 4.74 Å². The highest BCUT2D eigenvalue weighted by Crippen LogP contribution is 2.38. The Labute approximate surface area is 107 Å². The predicted molar refractivity (Wildman–Crippen MR) is 63.2 cm³/mol. The SMILES string of the molecule is COC(=O)c1cc2c(cc1OCCBr)OCO2. The van der Waals surface area contributed by atoms with Crippen LogP contribution in [0.25, 0.3) is 0 Å². The minimum absolute atomic E-state index is 0.151. The molecule has 0 amide bonds. The maximum atomic E-state index is 11.6. The van der Waals surface area contributed by atoms with Crippen molar-refractivity contribution < 1.29 is 23.7 Å². The summed E-state index contributed by atoms with van der Waals surface area (Å²) in [6.45, 7) is 0.599. The molecule has 17 heavy (non-hydrogen) atoms. The van der Waals surface area contributed by atoms with E-state index in [1.807, 2.05) is 0 Å². The van der Waals surface area contributed by atoms with Crippen LogP contribution in [0.2, 0.25) is 0 Å². The van der Waals surface area contributed by atoms with Gasteiger partial charge in [0.05, 0.1) is 13.7 Å². The Morgan fingerprint density at radius 3 is 2.76 bits per heavy atom. The molecule has 0 spiro atoms. The fraction of sp³-hybridized carbons (Fsp3) is 0.364. The van der Waals surface area contributed by atoms with Crippen LogP contribution in [0.4, 0.5) is 0 Å². The van der Waals surface area contributed by atoms with Crippen molar-refractivity contribution >= 4 is 21.9 Å². The van der Waals surface area contributed by atoms with Gasteiger partial charge >= 0.3 is 5.97 Å². The van der Waals surface area contributed by atoms with Gasteiger partial charge in [0.1, 0.15) is 11.3 Å². The van der Waals surface area contributed by atoms with E-state index >= 15 is 0 Å². The van der Waals surface area contributed by atoms with Crippen molar-refractivity contribution in [3.8, 4) is 17.2 Å². The average molecular weight is 303 g/mol. The van der Waals surface area contributed by atoms with Crippen LogP contribution in [0, 0.1) is 0 Å². The van der Waals surface area contributed by atoms with E-state index in [1.54, 1.807) is 12.1 Å². The van der Waals surface area contributed by atoms with Gasteiger partial charge in [0.15, 0.2) is 11.5 Å². The number of benzene rings is 1. The molecule has 92 valence electrons. The van der Waals surface area contributed by atoms with Crippen LogP contribution < -0.4 is 14.2 Å². The van der Waals surface area contributed by atoms with Gasteiger partial charge in [0.2, 0.25) is 6.79 Å². The number of fused-ring (bicyclic) bond motifs is 1. The summed E-state index contributed by atoms with van der Waals surface area (Å²) in [5, 5.41) is 0.669. The zero-order chi connectivity index (χ0) is 12.3. The molecule has 1 aliphatic heterocycles. The number of esters is 1. The first-order chi connectivity index (χ1) is 8.26. The summed E-state index contributed by atoms with van der Waals surface area (Å²) in [7, 11) is 1.32. The summed E-state index contributed by atoms with van der Waals surface area (Å²) in [6, 6.07) is 3.20. The minimum Gasteiger partial charge on any atom is -0.492 e. The number of methoxy groups -OCH3 is 1. The Kier molecular flexibility index (Phi) is 3.73. The van der Waals surface area contributed by atoms with Crippen LogP contribution in [-0.4, -0.2) is 31.8 Å². The number of ether oxygens (including phenoxy) is 4. The van der Waals surface area contributed by atoms with Gasteiger partial charge in [-0.25, -0.2) is 4.79 Å². The van der Waals surface area contributed by atoms with E-state index in [-0.39, 0.29) is 6.79 Å². The molecule has 1 aliphatic rings. The van der Waals surface area contributed by atoms with Crippen molar-refractivity contribution in [2.24, 2.45) is 0 Å². The molecule has 0 unspecified atom stereocenters. The number of carbonyl (C=O) groups is 1. The lowest BCUT2D eigenvalue weighted by Gasteiger charge is -2.10.